The summed E-state index contributed by atoms with van der Waals surface area (Å²) in [6.45, 7) is 0. The summed E-state index contributed by atoms with van der Waals surface area (Å²) in [5, 5.41) is 0.720. The van der Waals surface area contributed by atoms with Crippen molar-refractivity contribution in [3.8, 4) is 0 Å². The van der Waals surface area contributed by atoms with E-state index >= 15 is 0 Å². The van der Waals surface area contributed by atoms with Crippen molar-refractivity contribution in [2.45, 2.75) is 4.90 Å². The van der Waals surface area contributed by atoms with Crippen LogP contribution < -0.4 is 15.6 Å². The summed E-state index contributed by atoms with van der Waals surface area (Å²) in [4.78, 5) is 24.4. The lowest BCUT2D eigenvalue weighted by atomic mass is 10.2. The van der Waals surface area contributed by atoms with Crippen LogP contribution in [0.4, 0.5) is 5.69 Å². The first-order valence-corrected chi connectivity index (χ1v) is 11.2. The second-order valence-electron chi connectivity index (χ2n) is 6.14. The molecule has 0 saturated heterocycles. The van der Waals surface area contributed by atoms with Crippen LogP contribution in [-0.2, 0) is 10.0 Å². The smallest absolute Gasteiger partial charge is 0.271 e. The molecule has 0 radical (unpaired) electrons. The van der Waals surface area contributed by atoms with Crippen LogP contribution >= 0.6 is 34.8 Å². The molecule has 0 fully saturated rings. The van der Waals surface area contributed by atoms with Gasteiger partial charge in [0.05, 0.1) is 26.2 Å². The molecule has 31 heavy (non-hydrogen) atoms. The molecule has 7 nitrogen and oxygen atoms in total. The van der Waals surface area contributed by atoms with E-state index in [2.05, 4.69) is 15.6 Å². The van der Waals surface area contributed by atoms with Gasteiger partial charge in [-0.05, 0) is 54.6 Å². The summed E-state index contributed by atoms with van der Waals surface area (Å²) in [6.07, 6.45) is 0. The van der Waals surface area contributed by atoms with Gasteiger partial charge in [0.15, 0.2) is 0 Å². The summed E-state index contributed by atoms with van der Waals surface area (Å²) >= 11 is 17.8. The van der Waals surface area contributed by atoms with Crippen molar-refractivity contribution in [3.63, 3.8) is 0 Å². The van der Waals surface area contributed by atoms with Crippen molar-refractivity contribution in [2.75, 3.05) is 4.72 Å². The number of rotatable bonds is 5. The van der Waals surface area contributed by atoms with Gasteiger partial charge >= 0.3 is 0 Å². The van der Waals surface area contributed by atoms with Crippen molar-refractivity contribution < 1.29 is 18.0 Å². The summed E-state index contributed by atoms with van der Waals surface area (Å²) in [6, 6.07) is 15.8. The van der Waals surface area contributed by atoms with Crippen LogP contribution in [0.5, 0.6) is 0 Å². The van der Waals surface area contributed by atoms with Crippen LogP contribution in [0.15, 0.2) is 71.6 Å². The Morgan fingerprint density at radius 2 is 1.39 bits per heavy atom. The van der Waals surface area contributed by atoms with Gasteiger partial charge in [-0.1, -0.05) is 46.9 Å². The molecular formula is C20H14Cl3N3O4S. The molecule has 0 aliphatic heterocycles. The highest BCUT2D eigenvalue weighted by Gasteiger charge is 2.17. The molecule has 3 N–H and O–H groups in total. The topological polar surface area (TPSA) is 104 Å². The predicted octanol–water partition coefficient (Wildman–Crippen LogP) is 4.52. The third-order valence-electron chi connectivity index (χ3n) is 4.01. The van der Waals surface area contributed by atoms with Crippen LogP contribution in [0.3, 0.4) is 0 Å². The zero-order valence-electron chi connectivity index (χ0n) is 15.5. The number of amides is 2. The molecule has 0 bridgehead atoms. The number of carbonyl (C=O) groups excluding carboxylic acids is 2. The lowest BCUT2D eigenvalue weighted by Crippen LogP contribution is -2.41. The highest BCUT2D eigenvalue weighted by molar-refractivity contribution is 7.92. The standard InChI is InChI=1S/C20H14Cl3N3O4S/c21-13-7-10-16(22)15(11-13)20(28)25-24-19(27)12-5-8-14(9-6-12)31(29,30)26-18-4-2-1-3-17(18)23/h1-11,26H,(H,24,27)(H,25,28). The molecule has 0 saturated carbocycles. The highest BCUT2D eigenvalue weighted by Crippen LogP contribution is 2.24. The number of para-hydroxylation sites is 1. The van der Waals surface area contributed by atoms with E-state index in [1.165, 1.54) is 48.5 Å². The Bertz CT molecular complexity index is 1250. The molecule has 0 aliphatic carbocycles. The molecule has 0 heterocycles. The lowest BCUT2D eigenvalue weighted by molar-refractivity contribution is 0.0846. The maximum absolute atomic E-state index is 12.5. The second-order valence-corrected chi connectivity index (χ2v) is 9.08. The van der Waals surface area contributed by atoms with Crippen LogP contribution in [0, 0.1) is 0 Å². The normalized spacial score (nSPS) is 10.9. The molecule has 11 heteroatoms. The summed E-state index contributed by atoms with van der Waals surface area (Å²) < 4.78 is 27.4. The maximum atomic E-state index is 12.5. The largest absolute Gasteiger partial charge is 0.278 e. The molecule has 0 atom stereocenters. The van der Waals surface area contributed by atoms with Crippen LogP contribution in [0.1, 0.15) is 20.7 Å². The molecule has 2 amide bonds. The highest BCUT2D eigenvalue weighted by atomic mass is 35.5. The van der Waals surface area contributed by atoms with E-state index in [4.69, 9.17) is 34.8 Å². The van der Waals surface area contributed by atoms with Crippen LogP contribution in [0.2, 0.25) is 15.1 Å². The minimum atomic E-state index is -3.91. The van der Waals surface area contributed by atoms with E-state index in [1.807, 2.05) is 0 Å². The molecule has 0 aromatic heterocycles. The number of hydrogen-bond donors (Lipinski definition) is 3. The van der Waals surface area contributed by atoms with E-state index in [0.717, 1.165) is 0 Å². The van der Waals surface area contributed by atoms with Gasteiger partial charge in [-0.2, -0.15) is 0 Å². The fourth-order valence-corrected chi connectivity index (χ4v) is 4.15. The van der Waals surface area contributed by atoms with Crippen molar-refractivity contribution in [1.29, 1.82) is 0 Å². The van der Waals surface area contributed by atoms with Crippen molar-refractivity contribution in [3.05, 3.63) is 92.9 Å². The Balaban J connectivity index is 1.66. The van der Waals surface area contributed by atoms with Gasteiger partial charge in [-0.15, -0.1) is 0 Å². The maximum Gasteiger partial charge on any atom is 0.271 e. The third kappa shape index (κ3) is 5.68. The zero-order chi connectivity index (χ0) is 22.6. The number of carbonyl (C=O) groups is 2. The average Bonchev–Trinajstić information content (AvgIpc) is 2.75. The first-order valence-electron chi connectivity index (χ1n) is 8.60. The lowest BCUT2D eigenvalue weighted by Gasteiger charge is -2.11. The number of sulfonamides is 1. The first kappa shape index (κ1) is 22.9. The molecule has 160 valence electrons. The van der Waals surface area contributed by atoms with Crippen molar-refractivity contribution in [1.82, 2.24) is 10.9 Å². The van der Waals surface area contributed by atoms with Gasteiger partial charge in [-0.3, -0.25) is 25.2 Å². The second kappa shape index (κ2) is 9.57. The van der Waals surface area contributed by atoms with Crippen LogP contribution in [0.25, 0.3) is 0 Å². The van der Waals surface area contributed by atoms with Crippen molar-refractivity contribution >= 4 is 62.3 Å². The van der Waals surface area contributed by atoms with Gasteiger partial charge in [-0.25, -0.2) is 8.42 Å². The summed E-state index contributed by atoms with van der Waals surface area (Å²) in [7, 11) is -3.91. The number of nitrogens with one attached hydrogen (secondary N) is 3. The summed E-state index contributed by atoms with van der Waals surface area (Å²) in [5.74, 6) is -1.32. The van der Waals surface area contributed by atoms with E-state index in [9.17, 15) is 18.0 Å². The van der Waals surface area contributed by atoms with E-state index in [1.54, 1.807) is 18.2 Å². The number of hydrazine groups is 1. The Labute approximate surface area is 193 Å². The van der Waals surface area contributed by atoms with Gasteiger partial charge in [0.2, 0.25) is 0 Å². The SMILES string of the molecule is O=C(NNC(=O)c1cc(Cl)ccc1Cl)c1ccc(S(=O)(=O)Nc2ccccc2Cl)cc1. The monoisotopic (exact) mass is 497 g/mol. The van der Waals surface area contributed by atoms with E-state index < -0.39 is 21.8 Å². The third-order valence-corrected chi connectivity index (χ3v) is 6.28. The Morgan fingerprint density at radius 3 is 2.06 bits per heavy atom. The molecule has 0 aliphatic rings. The Kier molecular flexibility index (Phi) is 7.07. The molecule has 0 spiro atoms. The van der Waals surface area contributed by atoms with Gasteiger partial charge in [0.1, 0.15) is 0 Å². The molecular weight excluding hydrogens is 485 g/mol. The fraction of sp³-hybridized carbons (Fsp3) is 0. The van der Waals surface area contributed by atoms with Crippen LogP contribution in [-0.4, -0.2) is 20.2 Å². The Morgan fingerprint density at radius 1 is 0.742 bits per heavy atom. The van der Waals surface area contributed by atoms with Gasteiger partial charge in [0.25, 0.3) is 21.8 Å². The fourth-order valence-electron chi connectivity index (χ4n) is 2.46. The quantitative estimate of drug-likeness (QED) is 0.450. The number of halogens is 3. The minimum Gasteiger partial charge on any atom is -0.278 e. The van der Waals surface area contributed by atoms with Gasteiger partial charge in [0, 0.05) is 10.6 Å². The number of benzene rings is 3. The first-order chi connectivity index (χ1) is 14.7. The molecule has 3 aromatic rings. The molecule has 0 unspecified atom stereocenters. The Hall–Kier alpha value is -2.78. The predicted molar refractivity (Wildman–Crippen MR) is 120 cm³/mol. The molecule has 3 aromatic carbocycles. The van der Waals surface area contributed by atoms with Gasteiger partial charge < -0.3 is 0 Å². The minimum absolute atomic E-state index is 0.0706. The molecule has 3 rings (SSSR count). The number of hydrogen-bond acceptors (Lipinski definition) is 4. The van der Waals surface area contributed by atoms with E-state index in [0.29, 0.717) is 5.02 Å². The zero-order valence-corrected chi connectivity index (χ0v) is 18.6. The summed E-state index contributed by atoms with van der Waals surface area (Å²) in [5.41, 5.74) is 4.88. The van der Waals surface area contributed by atoms with Crippen molar-refractivity contribution in [2.24, 2.45) is 0 Å². The average molecular weight is 499 g/mol. The number of anilines is 1. The van der Waals surface area contributed by atoms with E-state index in [-0.39, 0.29) is 31.8 Å².